The van der Waals surface area contributed by atoms with E-state index in [0.29, 0.717) is 34.8 Å². The molecule has 23 heavy (non-hydrogen) atoms. The van der Waals surface area contributed by atoms with E-state index in [9.17, 15) is 4.79 Å². The lowest BCUT2D eigenvalue weighted by Crippen LogP contribution is -2.03. The van der Waals surface area contributed by atoms with Gasteiger partial charge in [0.25, 0.3) is 0 Å². The van der Waals surface area contributed by atoms with E-state index in [1.807, 2.05) is 0 Å². The van der Waals surface area contributed by atoms with E-state index in [0.717, 1.165) is 19.1 Å². The number of hydrogen-bond donors (Lipinski definition) is 0. The van der Waals surface area contributed by atoms with Gasteiger partial charge in [-0.05, 0) is 18.9 Å². The zero-order valence-electron chi connectivity index (χ0n) is 12.2. The van der Waals surface area contributed by atoms with Gasteiger partial charge in [0.1, 0.15) is 29.7 Å². The Morgan fingerprint density at radius 1 is 1.00 bits per heavy atom. The number of carbonyl (C=O) groups is 1. The lowest BCUT2D eigenvalue weighted by Gasteiger charge is -2.12. The number of aldehydes is 1. The summed E-state index contributed by atoms with van der Waals surface area (Å²) in [7, 11) is 0. The fourth-order valence-electron chi connectivity index (χ4n) is 1.57. The number of hydrogen-bond acceptors (Lipinski definition) is 4. The number of unbranched alkanes of at least 4 members (excludes halogenated alkanes) is 1. The Labute approximate surface area is 155 Å². The molecule has 0 atom stereocenters. The molecule has 8 heteroatoms. The van der Waals surface area contributed by atoms with Gasteiger partial charge in [-0.2, -0.15) is 0 Å². The van der Waals surface area contributed by atoms with Crippen molar-refractivity contribution in [1.82, 2.24) is 0 Å². The van der Waals surface area contributed by atoms with Gasteiger partial charge in [-0.25, -0.2) is 0 Å². The van der Waals surface area contributed by atoms with Gasteiger partial charge in [0.15, 0.2) is 5.75 Å². The highest BCUT2D eigenvalue weighted by atomic mass is 35.5. The molecular formula is C15H16Cl4O4. The van der Waals surface area contributed by atoms with Crippen LogP contribution in [0.5, 0.6) is 11.5 Å². The summed E-state index contributed by atoms with van der Waals surface area (Å²) in [5.41, 5.74) is 0. The highest BCUT2D eigenvalue weighted by Gasteiger charge is 2.10. The first kappa shape index (κ1) is 20.4. The van der Waals surface area contributed by atoms with Crippen LogP contribution >= 0.6 is 46.4 Å². The summed E-state index contributed by atoms with van der Waals surface area (Å²) >= 11 is 23.3. The van der Waals surface area contributed by atoms with Gasteiger partial charge in [0.2, 0.25) is 0 Å². The zero-order valence-corrected chi connectivity index (χ0v) is 15.2. The van der Waals surface area contributed by atoms with Gasteiger partial charge in [-0.15, -0.1) is 0 Å². The van der Waals surface area contributed by atoms with Gasteiger partial charge in [-0.1, -0.05) is 46.4 Å². The number of carbonyl (C=O) groups excluding carboxylic acids is 1. The van der Waals surface area contributed by atoms with E-state index < -0.39 is 0 Å². The molecule has 0 saturated carbocycles. The molecule has 0 fully saturated rings. The topological polar surface area (TPSA) is 44.8 Å². The summed E-state index contributed by atoms with van der Waals surface area (Å²) in [6, 6.07) is 3.21. The minimum absolute atomic E-state index is 0.115. The van der Waals surface area contributed by atoms with Gasteiger partial charge in [-0.3, -0.25) is 0 Å². The van der Waals surface area contributed by atoms with E-state index in [-0.39, 0.29) is 17.7 Å². The second-order valence-electron chi connectivity index (χ2n) is 4.32. The fraction of sp³-hybridized carbons (Fsp3) is 0.400. The molecule has 0 aliphatic rings. The summed E-state index contributed by atoms with van der Waals surface area (Å²) < 4.78 is 16.1. The molecule has 4 nitrogen and oxygen atoms in total. The quantitative estimate of drug-likeness (QED) is 0.383. The van der Waals surface area contributed by atoms with Crippen LogP contribution in [0, 0.1) is 0 Å². The predicted molar refractivity (Wildman–Crippen MR) is 93.4 cm³/mol. The largest absolute Gasteiger partial charge is 0.490 e. The fourth-order valence-corrected chi connectivity index (χ4v) is 2.27. The van der Waals surface area contributed by atoms with Crippen LogP contribution in [0.25, 0.3) is 0 Å². The van der Waals surface area contributed by atoms with Crippen molar-refractivity contribution >= 4 is 52.7 Å². The molecular weight excluding hydrogens is 386 g/mol. The SMILES string of the molecule is O=CCOCCCCOc1c(Cl)cc(OCC=C(Cl)Cl)cc1Cl. The van der Waals surface area contributed by atoms with E-state index in [1.54, 1.807) is 12.1 Å². The molecule has 0 radical (unpaired) electrons. The molecule has 0 saturated heterocycles. The molecule has 0 heterocycles. The summed E-state index contributed by atoms with van der Waals surface area (Å²) in [6.45, 7) is 1.27. The molecule has 1 rings (SSSR count). The third-order valence-electron chi connectivity index (χ3n) is 2.57. The first-order chi connectivity index (χ1) is 11.0. The highest BCUT2D eigenvalue weighted by molar-refractivity contribution is 6.55. The second kappa shape index (κ2) is 11.8. The van der Waals surface area contributed by atoms with Crippen molar-refractivity contribution in [3.63, 3.8) is 0 Å². The van der Waals surface area contributed by atoms with Crippen LogP contribution in [0.1, 0.15) is 12.8 Å². The highest BCUT2D eigenvalue weighted by Crippen LogP contribution is 2.37. The molecule has 0 N–H and O–H groups in total. The van der Waals surface area contributed by atoms with Crippen LogP contribution in [0.3, 0.4) is 0 Å². The Morgan fingerprint density at radius 3 is 2.26 bits per heavy atom. The Kier molecular flexibility index (Phi) is 10.5. The van der Waals surface area contributed by atoms with E-state index in [4.69, 9.17) is 60.6 Å². The number of benzene rings is 1. The van der Waals surface area contributed by atoms with Crippen molar-refractivity contribution in [1.29, 1.82) is 0 Å². The summed E-state index contributed by atoms with van der Waals surface area (Å²) in [4.78, 5) is 10.1. The first-order valence-electron chi connectivity index (χ1n) is 6.81. The average Bonchev–Trinajstić information content (AvgIpc) is 2.48. The third kappa shape index (κ3) is 8.68. The van der Waals surface area contributed by atoms with Crippen LogP contribution in [0.15, 0.2) is 22.7 Å². The zero-order chi connectivity index (χ0) is 17.1. The summed E-state index contributed by atoms with van der Waals surface area (Å²) in [5.74, 6) is 0.890. The molecule has 0 unspecified atom stereocenters. The molecule has 0 aliphatic heterocycles. The van der Waals surface area contributed by atoms with Crippen molar-refractivity contribution in [3.05, 3.63) is 32.7 Å². The monoisotopic (exact) mass is 400 g/mol. The third-order valence-corrected chi connectivity index (χ3v) is 3.44. The van der Waals surface area contributed by atoms with Crippen molar-refractivity contribution in [3.8, 4) is 11.5 Å². The van der Waals surface area contributed by atoms with Crippen molar-refractivity contribution < 1.29 is 19.0 Å². The smallest absolute Gasteiger partial charge is 0.156 e. The lowest BCUT2D eigenvalue weighted by atomic mass is 10.3. The van der Waals surface area contributed by atoms with Crippen LogP contribution < -0.4 is 9.47 Å². The molecule has 0 aliphatic carbocycles. The number of halogens is 4. The van der Waals surface area contributed by atoms with Gasteiger partial charge in [0, 0.05) is 18.7 Å². The summed E-state index contributed by atoms with van der Waals surface area (Å²) in [5, 5.41) is 0.705. The maximum Gasteiger partial charge on any atom is 0.156 e. The Hall–Kier alpha value is -0.650. The molecule has 0 bridgehead atoms. The van der Waals surface area contributed by atoms with Crippen molar-refractivity contribution in [2.45, 2.75) is 12.8 Å². The molecule has 1 aromatic rings. The van der Waals surface area contributed by atoms with Crippen LogP contribution in [-0.2, 0) is 9.53 Å². The maximum absolute atomic E-state index is 10.1. The Balaban J connectivity index is 2.44. The van der Waals surface area contributed by atoms with Gasteiger partial charge >= 0.3 is 0 Å². The standard InChI is InChI=1S/C15H16Cl4O4/c16-12-9-11(22-7-3-14(18)19)10-13(17)15(12)23-6-2-1-5-21-8-4-20/h3-4,9-10H,1-2,5-8H2. The second-order valence-corrected chi connectivity index (χ2v) is 6.14. The van der Waals surface area contributed by atoms with E-state index in [1.165, 1.54) is 6.08 Å². The van der Waals surface area contributed by atoms with Gasteiger partial charge in [0.05, 0.1) is 16.7 Å². The molecule has 1 aromatic carbocycles. The first-order valence-corrected chi connectivity index (χ1v) is 8.33. The van der Waals surface area contributed by atoms with Crippen LogP contribution in [0.2, 0.25) is 10.0 Å². The lowest BCUT2D eigenvalue weighted by molar-refractivity contribution is -0.111. The van der Waals surface area contributed by atoms with Crippen molar-refractivity contribution in [2.24, 2.45) is 0 Å². The predicted octanol–water partition coefficient (Wildman–Crippen LogP) is 5.07. The van der Waals surface area contributed by atoms with Gasteiger partial charge < -0.3 is 19.0 Å². The molecule has 0 amide bonds. The Morgan fingerprint density at radius 2 is 1.65 bits per heavy atom. The average molecular weight is 402 g/mol. The van der Waals surface area contributed by atoms with E-state index in [2.05, 4.69) is 0 Å². The Bertz CT molecular complexity index is 507. The van der Waals surface area contributed by atoms with Crippen molar-refractivity contribution in [2.75, 3.05) is 26.4 Å². The normalized spacial score (nSPS) is 10.3. The summed E-state index contributed by atoms with van der Waals surface area (Å²) in [6.07, 6.45) is 3.75. The molecule has 0 aromatic heterocycles. The van der Waals surface area contributed by atoms with Crippen LogP contribution in [-0.4, -0.2) is 32.7 Å². The number of rotatable bonds is 11. The minimum atomic E-state index is 0.115. The maximum atomic E-state index is 10.1. The number of ether oxygens (including phenoxy) is 3. The van der Waals surface area contributed by atoms with E-state index >= 15 is 0 Å². The molecule has 0 spiro atoms. The molecule has 128 valence electrons. The minimum Gasteiger partial charge on any atom is -0.490 e. The van der Waals surface area contributed by atoms with Crippen LogP contribution in [0.4, 0.5) is 0 Å².